The number of aliphatic imine (C=N–C) groups is 1. The van der Waals surface area contributed by atoms with E-state index in [0.29, 0.717) is 23.5 Å². The Labute approximate surface area is 156 Å². The molecule has 0 aromatic heterocycles. The van der Waals surface area contributed by atoms with Gasteiger partial charge < -0.3 is 15.4 Å². The molecule has 2 saturated carbocycles. The van der Waals surface area contributed by atoms with Crippen molar-refractivity contribution in [1.29, 1.82) is 0 Å². The molecule has 1 aliphatic heterocycles. The molecule has 0 bridgehead atoms. The summed E-state index contributed by atoms with van der Waals surface area (Å²) < 4.78 is 6.21. The average molecular weight is 439 g/mol. The van der Waals surface area contributed by atoms with Crippen molar-refractivity contribution in [2.45, 2.75) is 56.4 Å². The highest BCUT2D eigenvalue weighted by Gasteiger charge is 2.66. The number of hydrogen-bond donors (Lipinski definition) is 2. The zero-order valence-electron chi connectivity index (χ0n) is 14.1. The first-order valence-corrected chi connectivity index (χ1v) is 9.39. The van der Waals surface area contributed by atoms with Crippen molar-refractivity contribution >= 4 is 41.7 Å². The van der Waals surface area contributed by atoms with Crippen molar-refractivity contribution in [3.8, 4) is 0 Å². The fourth-order valence-corrected chi connectivity index (χ4v) is 4.38. The number of fused-ring (bicyclic) bond motifs is 2. The predicted molar refractivity (Wildman–Crippen MR) is 105 cm³/mol. The lowest BCUT2D eigenvalue weighted by molar-refractivity contribution is -0.171. The number of halogens is 1. The molecule has 1 spiro atoms. The number of hydrogen-bond acceptors (Lipinski definition) is 3. The molecular weight excluding hydrogens is 409 g/mol. The standard InChI is InChI=1S/C16H29N3OS.HI/c1-15(2,21-4)10-18-14(17-3)19-12-11-6-9-20-13(11)16(12)7-5-8-16;/h11-13H,5-10H2,1-4H3,(H2,17,18,19);1H. The Kier molecular flexibility index (Phi) is 5.98. The molecule has 1 heterocycles. The van der Waals surface area contributed by atoms with Crippen molar-refractivity contribution in [3.63, 3.8) is 0 Å². The first kappa shape index (κ1) is 18.6. The first-order valence-electron chi connectivity index (χ1n) is 8.16. The largest absolute Gasteiger partial charge is 0.377 e. The van der Waals surface area contributed by atoms with Gasteiger partial charge in [-0.15, -0.1) is 24.0 Å². The second kappa shape index (κ2) is 7.05. The van der Waals surface area contributed by atoms with E-state index in [9.17, 15) is 0 Å². The van der Waals surface area contributed by atoms with Crippen LogP contribution < -0.4 is 10.6 Å². The zero-order chi connectivity index (χ0) is 15.1. The summed E-state index contributed by atoms with van der Waals surface area (Å²) in [7, 11) is 1.87. The molecule has 0 aromatic rings. The van der Waals surface area contributed by atoms with Gasteiger partial charge in [-0.2, -0.15) is 11.8 Å². The lowest BCUT2D eigenvalue weighted by atomic mass is 9.46. The van der Waals surface area contributed by atoms with Crippen LogP contribution in [0.1, 0.15) is 39.5 Å². The van der Waals surface area contributed by atoms with Gasteiger partial charge in [-0.05, 0) is 39.4 Å². The zero-order valence-corrected chi connectivity index (χ0v) is 17.3. The fourth-order valence-electron chi connectivity index (χ4n) is 4.17. The van der Waals surface area contributed by atoms with Crippen molar-refractivity contribution in [3.05, 3.63) is 0 Å². The van der Waals surface area contributed by atoms with Gasteiger partial charge >= 0.3 is 0 Å². The summed E-state index contributed by atoms with van der Waals surface area (Å²) >= 11 is 1.88. The number of rotatable bonds is 4. The summed E-state index contributed by atoms with van der Waals surface area (Å²) in [5, 5.41) is 7.22. The lowest BCUT2D eigenvalue weighted by Crippen LogP contribution is -2.72. The van der Waals surface area contributed by atoms with Crippen LogP contribution in [-0.4, -0.2) is 49.3 Å². The van der Waals surface area contributed by atoms with Crippen LogP contribution in [0, 0.1) is 11.3 Å². The molecule has 6 heteroatoms. The van der Waals surface area contributed by atoms with E-state index in [1.807, 2.05) is 18.8 Å². The third-order valence-electron chi connectivity index (χ3n) is 5.79. The van der Waals surface area contributed by atoms with Gasteiger partial charge in [0.25, 0.3) is 0 Å². The second-order valence-corrected chi connectivity index (χ2v) is 8.86. The van der Waals surface area contributed by atoms with Gasteiger partial charge in [0.05, 0.1) is 6.10 Å². The molecule has 128 valence electrons. The summed E-state index contributed by atoms with van der Waals surface area (Å²) in [5.41, 5.74) is 0.411. The number of guanidine groups is 1. The third kappa shape index (κ3) is 3.11. The van der Waals surface area contributed by atoms with Crippen LogP contribution in [0.15, 0.2) is 4.99 Å². The number of nitrogens with one attached hydrogen (secondary N) is 2. The highest BCUT2D eigenvalue weighted by molar-refractivity contribution is 14.0. The van der Waals surface area contributed by atoms with Gasteiger partial charge in [0, 0.05) is 42.3 Å². The molecule has 3 aliphatic rings. The smallest absolute Gasteiger partial charge is 0.191 e. The normalized spacial score (nSPS) is 32.5. The van der Waals surface area contributed by atoms with E-state index in [4.69, 9.17) is 4.74 Å². The Morgan fingerprint density at radius 2 is 2.14 bits per heavy atom. The predicted octanol–water partition coefficient (Wildman–Crippen LogP) is 2.87. The minimum Gasteiger partial charge on any atom is -0.377 e. The SMILES string of the molecule is CN=C(NCC(C)(C)SC)NC1C2CCOC2C12CCC2.I. The molecule has 2 N–H and O–H groups in total. The first-order chi connectivity index (χ1) is 10.0. The molecular formula is C16H30IN3OS. The van der Waals surface area contributed by atoms with Gasteiger partial charge in [-0.1, -0.05) is 6.42 Å². The Bertz CT molecular complexity index is 426. The van der Waals surface area contributed by atoms with Crippen molar-refractivity contribution in [1.82, 2.24) is 10.6 Å². The number of thioether (sulfide) groups is 1. The van der Waals surface area contributed by atoms with Crippen LogP contribution in [0.25, 0.3) is 0 Å². The van der Waals surface area contributed by atoms with Gasteiger partial charge in [0.15, 0.2) is 5.96 Å². The summed E-state index contributed by atoms with van der Waals surface area (Å²) in [5.74, 6) is 1.65. The Balaban J connectivity index is 0.00000176. The number of nitrogens with zero attached hydrogens (tertiary/aromatic N) is 1. The van der Waals surface area contributed by atoms with Crippen LogP contribution in [0.4, 0.5) is 0 Å². The van der Waals surface area contributed by atoms with E-state index < -0.39 is 0 Å². The molecule has 3 atom stereocenters. The lowest BCUT2D eigenvalue weighted by Gasteiger charge is -2.63. The molecule has 0 amide bonds. The van der Waals surface area contributed by atoms with E-state index in [1.165, 1.54) is 25.7 Å². The van der Waals surface area contributed by atoms with E-state index in [-0.39, 0.29) is 28.7 Å². The maximum absolute atomic E-state index is 5.98. The molecule has 3 unspecified atom stereocenters. The molecule has 3 rings (SSSR count). The third-order valence-corrected chi connectivity index (χ3v) is 7.04. The monoisotopic (exact) mass is 439 g/mol. The van der Waals surface area contributed by atoms with Crippen LogP contribution >= 0.6 is 35.7 Å². The number of ether oxygens (including phenoxy) is 1. The summed E-state index contributed by atoms with van der Waals surface area (Å²) in [6.45, 7) is 6.39. The summed E-state index contributed by atoms with van der Waals surface area (Å²) in [4.78, 5) is 4.43. The summed E-state index contributed by atoms with van der Waals surface area (Å²) in [6.07, 6.45) is 7.88. The van der Waals surface area contributed by atoms with E-state index in [1.54, 1.807) is 0 Å². The highest BCUT2D eigenvalue weighted by Crippen LogP contribution is 2.62. The van der Waals surface area contributed by atoms with Crippen LogP contribution in [-0.2, 0) is 4.74 Å². The maximum Gasteiger partial charge on any atom is 0.191 e. The van der Waals surface area contributed by atoms with Crippen molar-refractivity contribution in [2.75, 3.05) is 26.5 Å². The molecule has 0 aromatic carbocycles. The molecule has 2 aliphatic carbocycles. The fraction of sp³-hybridized carbons (Fsp3) is 0.938. The van der Waals surface area contributed by atoms with Gasteiger partial charge in [-0.3, -0.25) is 4.99 Å². The van der Waals surface area contributed by atoms with Crippen LogP contribution in [0.5, 0.6) is 0 Å². The second-order valence-electron chi connectivity index (χ2n) is 7.34. The van der Waals surface area contributed by atoms with E-state index >= 15 is 0 Å². The van der Waals surface area contributed by atoms with Crippen LogP contribution in [0.2, 0.25) is 0 Å². The summed E-state index contributed by atoms with van der Waals surface area (Å²) in [6, 6.07) is 0.558. The Morgan fingerprint density at radius 1 is 1.41 bits per heavy atom. The average Bonchev–Trinajstić information content (AvgIpc) is 2.82. The minimum absolute atomic E-state index is 0. The van der Waals surface area contributed by atoms with Crippen LogP contribution in [0.3, 0.4) is 0 Å². The van der Waals surface area contributed by atoms with E-state index in [2.05, 4.69) is 35.7 Å². The molecule has 22 heavy (non-hydrogen) atoms. The quantitative estimate of drug-likeness (QED) is 0.402. The van der Waals surface area contributed by atoms with Gasteiger partial charge in [0.1, 0.15) is 0 Å². The molecule has 1 saturated heterocycles. The molecule has 4 nitrogen and oxygen atoms in total. The van der Waals surface area contributed by atoms with Crippen molar-refractivity contribution < 1.29 is 4.74 Å². The maximum atomic E-state index is 5.98. The Hall–Kier alpha value is 0.310. The topological polar surface area (TPSA) is 45.7 Å². The molecule has 0 radical (unpaired) electrons. The van der Waals surface area contributed by atoms with Crippen molar-refractivity contribution in [2.24, 2.45) is 16.3 Å². The van der Waals surface area contributed by atoms with Gasteiger partial charge in [-0.25, -0.2) is 0 Å². The minimum atomic E-state index is 0. The molecule has 3 fully saturated rings. The van der Waals surface area contributed by atoms with E-state index in [0.717, 1.165) is 19.1 Å². The highest BCUT2D eigenvalue weighted by atomic mass is 127. The Morgan fingerprint density at radius 3 is 2.68 bits per heavy atom. The van der Waals surface area contributed by atoms with Gasteiger partial charge in [0.2, 0.25) is 0 Å².